The number of carboxylic acid groups (broad SMARTS) is 1. The molecule has 0 saturated carbocycles. The van der Waals surface area contributed by atoms with E-state index in [2.05, 4.69) is 10.6 Å². The molecular weight excluding hydrogens is 400 g/mol. The van der Waals surface area contributed by atoms with Crippen molar-refractivity contribution in [1.82, 2.24) is 0 Å². The summed E-state index contributed by atoms with van der Waals surface area (Å²) in [6, 6.07) is 7.56. The monoisotopic (exact) mass is 424 g/mol. The minimum Gasteiger partial charge on any atom is -0.481 e. The normalized spacial score (nSPS) is 19.9. The Morgan fingerprint density at radius 3 is 2.50 bits per heavy atom. The first-order valence-electron chi connectivity index (χ1n) is 10.2. The van der Waals surface area contributed by atoms with Gasteiger partial charge >= 0.3 is 5.97 Å². The third-order valence-electron chi connectivity index (χ3n) is 5.86. The number of amides is 2. The van der Waals surface area contributed by atoms with Crippen molar-refractivity contribution in [2.75, 3.05) is 10.6 Å². The molecule has 2 atom stereocenters. The van der Waals surface area contributed by atoms with Gasteiger partial charge in [0.25, 0.3) is 5.91 Å². The van der Waals surface area contributed by atoms with Gasteiger partial charge in [0.2, 0.25) is 5.91 Å². The van der Waals surface area contributed by atoms with Gasteiger partial charge in [0, 0.05) is 10.6 Å². The first kappa shape index (κ1) is 20.3. The van der Waals surface area contributed by atoms with Crippen LogP contribution in [0.1, 0.15) is 45.6 Å². The van der Waals surface area contributed by atoms with Crippen LogP contribution in [0.5, 0.6) is 0 Å². The first-order valence-corrected chi connectivity index (χ1v) is 11.0. The van der Waals surface area contributed by atoms with Crippen LogP contribution in [-0.4, -0.2) is 22.9 Å². The van der Waals surface area contributed by atoms with E-state index in [0.717, 1.165) is 41.0 Å². The van der Waals surface area contributed by atoms with Gasteiger partial charge in [-0.15, -0.1) is 11.3 Å². The molecule has 30 heavy (non-hydrogen) atoms. The van der Waals surface area contributed by atoms with E-state index in [1.165, 1.54) is 11.3 Å². The second-order valence-corrected chi connectivity index (χ2v) is 8.92. The average Bonchev–Trinajstić information content (AvgIpc) is 3.30. The van der Waals surface area contributed by atoms with Gasteiger partial charge in [-0.05, 0) is 56.2 Å². The Morgan fingerprint density at radius 1 is 1.03 bits per heavy atom. The summed E-state index contributed by atoms with van der Waals surface area (Å²) in [5.74, 6) is -2.93. The zero-order valence-electron chi connectivity index (χ0n) is 16.7. The van der Waals surface area contributed by atoms with Crippen molar-refractivity contribution < 1.29 is 19.5 Å². The number of benzene rings is 1. The summed E-state index contributed by atoms with van der Waals surface area (Å²) < 4.78 is 0. The molecule has 2 aliphatic rings. The Morgan fingerprint density at radius 2 is 1.77 bits per heavy atom. The lowest BCUT2D eigenvalue weighted by atomic mass is 9.82. The minimum atomic E-state index is -0.967. The molecule has 1 heterocycles. The van der Waals surface area contributed by atoms with E-state index in [9.17, 15) is 19.5 Å². The Labute approximate surface area is 179 Å². The highest BCUT2D eigenvalue weighted by Gasteiger charge is 2.35. The van der Waals surface area contributed by atoms with Crippen molar-refractivity contribution in [2.45, 2.75) is 39.0 Å². The quantitative estimate of drug-likeness (QED) is 0.620. The molecule has 3 N–H and O–H groups in total. The number of allylic oxidation sites excluding steroid dienone is 2. The smallest absolute Gasteiger partial charge is 0.307 e. The fourth-order valence-corrected chi connectivity index (χ4v) is 5.50. The SMILES string of the molecule is Cc1ccccc1NC(=O)c1c(NC(=O)C2CC=CCC2C(=O)O)sc2c1CCC2. The summed E-state index contributed by atoms with van der Waals surface area (Å²) in [6.45, 7) is 1.93. The van der Waals surface area contributed by atoms with E-state index in [-0.39, 0.29) is 11.8 Å². The predicted octanol–water partition coefficient (Wildman–Crippen LogP) is 4.40. The lowest BCUT2D eigenvalue weighted by Crippen LogP contribution is -2.35. The average molecular weight is 425 g/mol. The molecule has 2 amide bonds. The highest BCUT2D eigenvalue weighted by atomic mass is 32.1. The second-order valence-electron chi connectivity index (χ2n) is 7.81. The Kier molecular flexibility index (Phi) is 5.72. The van der Waals surface area contributed by atoms with Crippen molar-refractivity contribution in [3.05, 3.63) is 58.0 Å². The summed E-state index contributed by atoms with van der Waals surface area (Å²) in [6.07, 6.45) is 7.09. The van der Waals surface area contributed by atoms with Crippen LogP contribution in [0.15, 0.2) is 36.4 Å². The summed E-state index contributed by atoms with van der Waals surface area (Å²) in [5.41, 5.74) is 3.21. The van der Waals surface area contributed by atoms with Gasteiger partial charge in [-0.1, -0.05) is 30.4 Å². The van der Waals surface area contributed by atoms with Crippen molar-refractivity contribution in [2.24, 2.45) is 11.8 Å². The number of hydrogen-bond acceptors (Lipinski definition) is 4. The molecule has 4 rings (SSSR count). The van der Waals surface area contributed by atoms with Crippen LogP contribution in [0.4, 0.5) is 10.7 Å². The standard InChI is InChI=1S/C23H24N2O4S/c1-13-7-2-5-11-17(13)24-21(27)19-16-10-6-12-18(16)30-22(19)25-20(26)14-8-3-4-9-15(14)23(28)29/h2-5,7,11,14-15H,6,8-10,12H2,1H3,(H,24,27)(H,25,26)(H,28,29). The maximum atomic E-state index is 13.2. The van der Waals surface area contributed by atoms with Crippen LogP contribution in [0, 0.1) is 18.8 Å². The number of thiophene rings is 1. The third-order valence-corrected chi connectivity index (χ3v) is 7.07. The molecule has 0 bridgehead atoms. The maximum Gasteiger partial charge on any atom is 0.307 e. The number of carboxylic acids is 1. The topological polar surface area (TPSA) is 95.5 Å². The van der Waals surface area contributed by atoms with Crippen LogP contribution < -0.4 is 10.6 Å². The molecule has 0 fully saturated rings. The Hall–Kier alpha value is -2.93. The zero-order chi connectivity index (χ0) is 21.3. The number of fused-ring (bicyclic) bond motifs is 1. The fraction of sp³-hybridized carbons (Fsp3) is 0.348. The number of nitrogens with one attached hydrogen (secondary N) is 2. The van der Waals surface area contributed by atoms with E-state index >= 15 is 0 Å². The van der Waals surface area contributed by atoms with Crippen LogP contribution in [0.3, 0.4) is 0 Å². The number of hydrogen-bond donors (Lipinski definition) is 3. The lowest BCUT2D eigenvalue weighted by molar-refractivity contribution is -0.146. The Bertz CT molecular complexity index is 1040. The molecule has 2 unspecified atom stereocenters. The van der Waals surface area contributed by atoms with Crippen LogP contribution in [-0.2, 0) is 22.4 Å². The van der Waals surface area contributed by atoms with Crippen molar-refractivity contribution >= 4 is 39.8 Å². The number of carbonyl (C=O) groups excluding carboxylic acids is 2. The second kappa shape index (κ2) is 8.44. The lowest BCUT2D eigenvalue weighted by Gasteiger charge is -2.24. The fourth-order valence-electron chi connectivity index (χ4n) is 4.21. The van der Waals surface area contributed by atoms with Crippen LogP contribution >= 0.6 is 11.3 Å². The van der Waals surface area contributed by atoms with E-state index in [4.69, 9.17) is 0 Å². The number of carbonyl (C=O) groups is 3. The van der Waals surface area contributed by atoms with Gasteiger partial charge in [0.1, 0.15) is 5.00 Å². The summed E-state index contributed by atoms with van der Waals surface area (Å²) in [5, 5.41) is 15.9. The molecule has 1 aromatic heterocycles. The number of rotatable bonds is 5. The van der Waals surface area contributed by atoms with Crippen molar-refractivity contribution in [3.8, 4) is 0 Å². The molecule has 0 radical (unpaired) electrons. The molecule has 0 saturated heterocycles. The largest absolute Gasteiger partial charge is 0.481 e. The number of anilines is 2. The van der Waals surface area contributed by atoms with Gasteiger partial charge < -0.3 is 15.7 Å². The summed E-state index contributed by atoms with van der Waals surface area (Å²) in [4.78, 5) is 38.8. The van der Waals surface area contributed by atoms with E-state index in [1.807, 2.05) is 43.3 Å². The summed E-state index contributed by atoms with van der Waals surface area (Å²) in [7, 11) is 0. The molecule has 156 valence electrons. The molecular formula is C23H24N2O4S. The van der Waals surface area contributed by atoms with Gasteiger partial charge in [-0.3, -0.25) is 14.4 Å². The van der Waals surface area contributed by atoms with Crippen LogP contribution in [0.25, 0.3) is 0 Å². The third kappa shape index (κ3) is 3.89. The van der Waals surface area contributed by atoms with E-state index in [1.54, 1.807) is 0 Å². The number of aryl methyl sites for hydroxylation is 2. The van der Waals surface area contributed by atoms with Crippen molar-refractivity contribution in [3.63, 3.8) is 0 Å². The minimum absolute atomic E-state index is 0.239. The van der Waals surface area contributed by atoms with E-state index < -0.39 is 17.8 Å². The van der Waals surface area contributed by atoms with Gasteiger partial charge in [-0.25, -0.2) is 0 Å². The highest BCUT2D eigenvalue weighted by Crippen LogP contribution is 2.40. The maximum absolute atomic E-state index is 13.2. The predicted molar refractivity (Wildman–Crippen MR) is 117 cm³/mol. The number of para-hydroxylation sites is 1. The summed E-state index contributed by atoms with van der Waals surface area (Å²) >= 11 is 1.44. The van der Waals surface area contributed by atoms with Crippen LogP contribution in [0.2, 0.25) is 0 Å². The van der Waals surface area contributed by atoms with Gasteiger partial charge in [0.15, 0.2) is 0 Å². The molecule has 1 aromatic carbocycles. The van der Waals surface area contributed by atoms with E-state index in [0.29, 0.717) is 23.4 Å². The number of aliphatic carboxylic acids is 1. The highest BCUT2D eigenvalue weighted by molar-refractivity contribution is 7.17. The molecule has 2 aliphatic carbocycles. The van der Waals surface area contributed by atoms with Crippen molar-refractivity contribution in [1.29, 1.82) is 0 Å². The Balaban J connectivity index is 1.61. The van der Waals surface area contributed by atoms with Gasteiger partial charge in [0.05, 0.1) is 17.4 Å². The molecule has 6 nitrogen and oxygen atoms in total. The molecule has 0 aliphatic heterocycles. The molecule has 7 heteroatoms. The first-order chi connectivity index (χ1) is 14.5. The van der Waals surface area contributed by atoms with Gasteiger partial charge in [-0.2, -0.15) is 0 Å². The zero-order valence-corrected chi connectivity index (χ0v) is 17.6. The molecule has 0 spiro atoms. The molecule has 2 aromatic rings.